The van der Waals surface area contributed by atoms with Gasteiger partial charge < -0.3 is 25.2 Å². The Kier molecular flexibility index (Phi) is 15.0. The van der Waals surface area contributed by atoms with E-state index < -0.39 is 0 Å². The first-order chi connectivity index (χ1) is 16.0. The molecule has 0 amide bonds. The van der Waals surface area contributed by atoms with Crippen molar-refractivity contribution in [1.82, 2.24) is 10.6 Å². The van der Waals surface area contributed by atoms with E-state index in [4.69, 9.17) is 14.6 Å². The van der Waals surface area contributed by atoms with E-state index in [1.807, 2.05) is 0 Å². The summed E-state index contributed by atoms with van der Waals surface area (Å²) in [5.41, 5.74) is 0.495. The van der Waals surface area contributed by atoms with Gasteiger partial charge in [0, 0.05) is 18.7 Å². The summed E-state index contributed by atoms with van der Waals surface area (Å²) >= 11 is 0. The van der Waals surface area contributed by atoms with Gasteiger partial charge in [-0.1, -0.05) is 40.5 Å². The van der Waals surface area contributed by atoms with Gasteiger partial charge in [0.2, 0.25) is 0 Å². The Morgan fingerprint density at radius 1 is 0.971 bits per heavy atom. The predicted octanol–water partition coefficient (Wildman–Crippen LogP) is 4.36. The van der Waals surface area contributed by atoms with E-state index in [1.165, 1.54) is 25.7 Å². The maximum absolute atomic E-state index is 11.8. The Labute approximate surface area is 208 Å². The van der Waals surface area contributed by atoms with E-state index in [0.29, 0.717) is 30.0 Å². The lowest BCUT2D eigenvalue weighted by atomic mass is 9.84. The Hall–Kier alpha value is -1.18. The number of hydrogen-bond donors (Lipinski definition) is 3. The van der Waals surface area contributed by atoms with Crippen LogP contribution < -0.4 is 10.6 Å². The van der Waals surface area contributed by atoms with Gasteiger partial charge in [-0.25, -0.2) is 0 Å². The summed E-state index contributed by atoms with van der Waals surface area (Å²) in [7, 11) is 0. The lowest BCUT2D eigenvalue weighted by Gasteiger charge is -2.28. The first-order valence-corrected chi connectivity index (χ1v) is 13.5. The Balaban J connectivity index is 0.000000411. The van der Waals surface area contributed by atoms with Crippen LogP contribution in [0.5, 0.6) is 0 Å². The number of carbonyl (C=O) groups excluding carboxylic acids is 2. The maximum Gasteiger partial charge on any atom is 0.306 e. The predicted molar refractivity (Wildman–Crippen MR) is 137 cm³/mol. The topological polar surface area (TPSA) is 96.9 Å². The van der Waals surface area contributed by atoms with Gasteiger partial charge in [-0.2, -0.15) is 0 Å². The highest BCUT2D eigenvalue weighted by Gasteiger charge is 2.24. The number of carbonyl (C=O) groups is 2. The number of rotatable bonds is 11. The van der Waals surface area contributed by atoms with Crippen LogP contribution >= 0.6 is 0 Å². The molecule has 0 bridgehead atoms. The monoisotopic (exact) mass is 484 g/mol. The van der Waals surface area contributed by atoms with Crippen LogP contribution in [0.1, 0.15) is 106 Å². The van der Waals surface area contributed by atoms with Crippen molar-refractivity contribution in [3.8, 4) is 0 Å². The Bertz CT molecular complexity index is 547. The second kappa shape index (κ2) is 16.5. The standard InChI is InChI=1S/C16H28N2O4.C11H24O/c1-11-9-13(5-7-17-11)21-15(19)3-4-16(20)22-14-6-8-18-12(2)10-14;1-5-11(3,4)8-6-7-10(2)9-12/h11-14,17-18H,3-10H2,1-2H3;10,12H,5-9H2,1-4H3. The molecule has 7 heteroatoms. The molecule has 2 aliphatic heterocycles. The highest BCUT2D eigenvalue weighted by molar-refractivity contribution is 5.77. The molecule has 0 aromatic carbocycles. The summed E-state index contributed by atoms with van der Waals surface area (Å²) in [6.45, 7) is 15.2. The Morgan fingerprint density at radius 2 is 1.44 bits per heavy atom. The van der Waals surface area contributed by atoms with Crippen LogP contribution in [-0.2, 0) is 19.1 Å². The highest BCUT2D eigenvalue weighted by atomic mass is 16.6. The smallest absolute Gasteiger partial charge is 0.306 e. The van der Waals surface area contributed by atoms with E-state index in [9.17, 15) is 9.59 Å². The van der Waals surface area contributed by atoms with Crippen LogP contribution in [0.3, 0.4) is 0 Å². The summed E-state index contributed by atoms with van der Waals surface area (Å²) < 4.78 is 10.8. The van der Waals surface area contributed by atoms with E-state index in [-0.39, 0.29) is 37.0 Å². The van der Waals surface area contributed by atoms with Crippen molar-refractivity contribution >= 4 is 11.9 Å². The summed E-state index contributed by atoms with van der Waals surface area (Å²) in [5, 5.41) is 15.4. The van der Waals surface area contributed by atoms with Gasteiger partial charge >= 0.3 is 11.9 Å². The molecular weight excluding hydrogens is 432 g/mol. The van der Waals surface area contributed by atoms with Gasteiger partial charge in [-0.15, -0.1) is 0 Å². The second-order valence-corrected chi connectivity index (χ2v) is 11.2. The van der Waals surface area contributed by atoms with Crippen molar-refractivity contribution in [2.24, 2.45) is 11.3 Å². The molecule has 3 N–H and O–H groups in total. The molecule has 2 heterocycles. The first-order valence-electron chi connectivity index (χ1n) is 13.5. The molecule has 5 atom stereocenters. The molecule has 0 spiro atoms. The van der Waals surface area contributed by atoms with Crippen LogP contribution in [0.2, 0.25) is 0 Å². The quantitative estimate of drug-likeness (QED) is 0.375. The molecule has 2 aliphatic rings. The van der Waals surface area contributed by atoms with Gasteiger partial charge in [-0.3, -0.25) is 9.59 Å². The zero-order chi connectivity index (χ0) is 25.6. The van der Waals surface area contributed by atoms with E-state index in [2.05, 4.69) is 52.2 Å². The van der Waals surface area contributed by atoms with Crippen molar-refractivity contribution in [1.29, 1.82) is 0 Å². The molecule has 7 nitrogen and oxygen atoms in total. The first kappa shape index (κ1) is 30.9. The minimum absolute atomic E-state index is 0.0231. The lowest BCUT2D eigenvalue weighted by Crippen LogP contribution is -2.40. The van der Waals surface area contributed by atoms with E-state index >= 15 is 0 Å². The Morgan fingerprint density at radius 3 is 1.82 bits per heavy atom. The molecule has 2 rings (SSSR count). The van der Waals surface area contributed by atoms with Crippen molar-refractivity contribution in [2.75, 3.05) is 19.7 Å². The molecule has 0 aliphatic carbocycles. The molecule has 0 saturated carbocycles. The molecule has 5 unspecified atom stereocenters. The zero-order valence-electron chi connectivity index (χ0n) is 22.7. The van der Waals surface area contributed by atoms with Crippen LogP contribution in [0.25, 0.3) is 0 Å². The largest absolute Gasteiger partial charge is 0.462 e. The molecular formula is C27H52N2O5. The molecule has 0 radical (unpaired) electrons. The van der Waals surface area contributed by atoms with Gasteiger partial charge in [0.25, 0.3) is 0 Å². The van der Waals surface area contributed by atoms with Gasteiger partial charge in [-0.05, 0) is 76.8 Å². The number of aliphatic hydroxyl groups is 1. The summed E-state index contributed by atoms with van der Waals surface area (Å²) in [6, 6.07) is 0.747. The van der Waals surface area contributed by atoms with E-state index in [1.54, 1.807) is 0 Å². The van der Waals surface area contributed by atoms with Crippen LogP contribution in [0, 0.1) is 11.3 Å². The normalized spacial score (nSPS) is 26.1. The molecule has 0 aromatic rings. The number of esters is 2. The number of nitrogens with one attached hydrogen (secondary N) is 2. The van der Waals surface area contributed by atoms with Crippen molar-refractivity contribution < 1.29 is 24.2 Å². The third-order valence-electron chi connectivity index (χ3n) is 7.10. The van der Waals surface area contributed by atoms with Crippen LogP contribution in [0.15, 0.2) is 0 Å². The van der Waals surface area contributed by atoms with Crippen LogP contribution in [0.4, 0.5) is 0 Å². The van der Waals surface area contributed by atoms with Crippen molar-refractivity contribution in [2.45, 2.75) is 130 Å². The molecule has 0 aromatic heterocycles. The minimum atomic E-state index is -0.297. The number of ether oxygens (including phenoxy) is 2. The maximum atomic E-state index is 11.8. The number of piperidine rings is 2. The second-order valence-electron chi connectivity index (χ2n) is 11.2. The van der Waals surface area contributed by atoms with Crippen molar-refractivity contribution in [3.05, 3.63) is 0 Å². The molecule has 2 saturated heterocycles. The number of aliphatic hydroxyl groups excluding tert-OH is 1. The van der Waals surface area contributed by atoms with Crippen molar-refractivity contribution in [3.63, 3.8) is 0 Å². The molecule has 200 valence electrons. The van der Waals surface area contributed by atoms with Gasteiger partial charge in [0.05, 0.1) is 12.8 Å². The number of hydrogen-bond acceptors (Lipinski definition) is 7. The van der Waals surface area contributed by atoms with Crippen LogP contribution in [-0.4, -0.2) is 61.0 Å². The fourth-order valence-corrected chi connectivity index (χ4v) is 4.28. The fourth-order valence-electron chi connectivity index (χ4n) is 4.28. The molecule has 2 fully saturated rings. The average molecular weight is 485 g/mol. The highest BCUT2D eigenvalue weighted by Crippen LogP contribution is 2.27. The third-order valence-corrected chi connectivity index (χ3v) is 7.10. The SMILES string of the molecule is CC1CC(OC(=O)CCC(=O)OC2CCNC(C)C2)CCN1.CCC(C)(C)CCCC(C)CO. The summed E-state index contributed by atoms with van der Waals surface area (Å²) in [5.74, 6) is -0.109. The summed E-state index contributed by atoms with van der Waals surface area (Å²) in [4.78, 5) is 23.6. The summed E-state index contributed by atoms with van der Waals surface area (Å²) in [6.07, 6.45) is 8.48. The average Bonchev–Trinajstić information content (AvgIpc) is 2.78. The molecule has 34 heavy (non-hydrogen) atoms. The zero-order valence-corrected chi connectivity index (χ0v) is 22.7. The van der Waals surface area contributed by atoms with E-state index in [0.717, 1.165) is 38.8 Å². The fraction of sp³-hybridized carbons (Fsp3) is 0.926. The van der Waals surface area contributed by atoms with Gasteiger partial charge in [0.15, 0.2) is 0 Å². The van der Waals surface area contributed by atoms with Gasteiger partial charge in [0.1, 0.15) is 12.2 Å². The minimum Gasteiger partial charge on any atom is -0.462 e. The lowest BCUT2D eigenvalue weighted by molar-refractivity contribution is -0.157. The third kappa shape index (κ3) is 14.3.